The lowest BCUT2D eigenvalue weighted by Crippen LogP contribution is -2.28. The Hall–Kier alpha value is -1.80. The fourth-order valence-corrected chi connectivity index (χ4v) is 2.21. The number of carbonyl (C=O) groups excluding carboxylic acids is 1. The number of amides is 1. The van der Waals surface area contributed by atoms with E-state index in [0.717, 1.165) is 18.7 Å². The highest BCUT2D eigenvalue weighted by molar-refractivity contribution is 9.10. The van der Waals surface area contributed by atoms with Crippen molar-refractivity contribution in [1.82, 2.24) is 30.6 Å². The molecule has 0 aliphatic heterocycles. The van der Waals surface area contributed by atoms with Crippen molar-refractivity contribution in [3.8, 4) is 0 Å². The number of nitrogens with zero attached hydrogens (tertiary/aromatic N) is 3. The van der Waals surface area contributed by atoms with Gasteiger partial charge in [0.1, 0.15) is 11.5 Å². The summed E-state index contributed by atoms with van der Waals surface area (Å²) in [6.45, 7) is 4.05. The number of aromatic nitrogens is 4. The highest BCUT2D eigenvalue weighted by Gasteiger charge is 2.13. The van der Waals surface area contributed by atoms with E-state index >= 15 is 0 Å². The number of rotatable bonds is 8. The lowest BCUT2D eigenvalue weighted by atomic mass is 10.3. The zero-order chi connectivity index (χ0) is 15.8. The van der Waals surface area contributed by atoms with Crippen molar-refractivity contribution in [1.29, 1.82) is 0 Å². The molecule has 0 radical (unpaired) electrons. The van der Waals surface area contributed by atoms with Crippen LogP contribution in [0.1, 0.15) is 35.4 Å². The van der Waals surface area contributed by atoms with Crippen molar-refractivity contribution in [3.05, 3.63) is 40.4 Å². The monoisotopic (exact) mass is 366 g/mol. The quantitative estimate of drug-likeness (QED) is 0.614. The average Bonchev–Trinajstić information content (AvgIpc) is 3.02. The van der Waals surface area contributed by atoms with Gasteiger partial charge in [0.25, 0.3) is 5.91 Å². The number of halogens is 1. The SMILES string of the molecule is CCCNCc1ncc(Br)c(C(=O)NCCc2cnc[nH]2)n1. The van der Waals surface area contributed by atoms with E-state index in [1.54, 1.807) is 18.7 Å². The first-order valence-corrected chi connectivity index (χ1v) is 7.97. The van der Waals surface area contributed by atoms with Gasteiger partial charge in [-0.3, -0.25) is 4.79 Å². The fraction of sp³-hybridized carbons (Fsp3) is 0.429. The van der Waals surface area contributed by atoms with E-state index in [9.17, 15) is 4.79 Å². The van der Waals surface area contributed by atoms with Crippen LogP contribution in [0, 0.1) is 0 Å². The summed E-state index contributed by atoms with van der Waals surface area (Å²) in [6, 6.07) is 0. The molecule has 0 atom stereocenters. The zero-order valence-electron chi connectivity index (χ0n) is 12.4. The van der Waals surface area contributed by atoms with Gasteiger partial charge in [-0.1, -0.05) is 6.92 Å². The van der Waals surface area contributed by atoms with Gasteiger partial charge in [-0.05, 0) is 28.9 Å². The maximum Gasteiger partial charge on any atom is 0.271 e. The molecule has 0 aromatic carbocycles. The molecule has 2 aromatic heterocycles. The summed E-state index contributed by atoms with van der Waals surface area (Å²) in [5.74, 6) is 0.390. The number of imidazole rings is 1. The molecule has 118 valence electrons. The first-order valence-electron chi connectivity index (χ1n) is 7.18. The Morgan fingerprint density at radius 3 is 2.95 bits per heavy atom. The van der Waals surface area contributed by atoms with Crippen LogP contribution in [-0.4, -0.2) is 38.9 Å². The molecule has 0 fully saturated rings. The van der Waals surface area contributed by atoms with Crippen LogP contribution in [0.15, 0.2) is 23.2 Å². The number of hydrogen-bond acceptors (Lipinski definition) is 5. The standard InChI is InChI=1S/C14H19BrN6O/c1-2-4-16-8-12-19-7-11(15)13(21-12)14(22)18-5-3-10-6-17-9-20-10/h6-7,9,16H,2-5,8H2,1H3,(H,17,20)(H,18,22). The maximum atomic E-state index is 12.2. The maximum absolute atomic E-state index is 12.2. The van der Waals surface area contributed by atoms with E-state index in [-0.39, 0.29) is 5.91 Å². The molecule has 2 rings (SSSR count). The molecule has 7 nitrogen and oxygen atoms in total. The molecule has 1 amide bonds. The summed E-state index contributed by atoms with van der Waals surface area (Å²) >= 11 is 3.32. The van der Waals surface area contributed by atoms with Crippen LogP contribution in [0.2, 0.25) is 0 Å². The van der Waals surface area contributed by atoms with E-state index in [0.29, 0.717) is 35.5 Å². The Kier molecular flexibility index (Phi) is 6.47. The fourth-order valence-electron chi connectivity index (χ4n) is 1.84. The third-order valence-corrected chi connectivity index (χ3v) is 3.53. The minimum atomic E-state index is -0.217. The molecule has 0 aliphatic rings. The van der Waals surface area contributed by atoms with E-state index in [4.69, 9.17) is 0 Å². The van der Waals surface area contributed by atoms with Gasteiger partial charge in [0.05, 0.1) is 17.3 Å². The third kappa shape index (κ3) is 4.88. The van der Waals surface area contributed by atoms with E-state index < -0.39 is 0 Å². The topological polar surface area (TPSA) is 95.6 Å². The second-order valence-electron chi connectivity index (χ2n) is 4.74. The van der Waals surface area contributed by atoms with Gasteiger partial charge >= 0.3 is 0 Å². The van der Waals surface area contributed by atoms with Gasteiger partial charge in [-0.15, -0.1) is 0 Å². The minimum absolute atomic E-state index is 0.217. The van der Waals surface area contributed by atoms with Crippen molar-refractivity contribution < 1.29 is 4.79 Å². The van der Waals surface area contributed by atoms with Gasteiger partial charge in [0, 0.05) is 31.1 Å². The second kappa shape index (κ2) is 8.60. The second-order valence-corrected chi connectivity index (χ2v) is 5.60. The average molecular weight is 367 g/mol. The molecule has 0 saturated heterocycles. The predicted octanol–water partition coefficient (Wildman–Crippen LogP) is 1.43. The summed E-state index contributed by atoms with van der Waals surface area (Å²) in [4.78, 5) is 27.6. The highest BCUT2D eigenvalue weighted by Crippen LogP contribution is 2.13. The Bertz CT molecular complexity index is 601. The largest absolute Gasteiger partial charge is 0.350 e. The minimum Gasteiger partial charge on any atom is -0.350 e. The molecule has 0 aliphatic carbocycles. The van der Waals surface area contributed by atoms with Gasteiger partial charge in [0.2, 0.25) is 0 Å². The Morgan fingerprint density at radius 1 is 1.36 bits per heavy atom. The smallest absolute Gasteiger partial charge is 0.271 e. The molecule has 8 heteroatoms. The molecule has 0 saturated carbocycles. The Balaban J connectivity index is 1.91. The summed E-state index contributed by atoms with van der Waals surface area (Å²) in [6.07, 6.45) is 6.70. The first kappa shape index (κ1) is 16.6. The van der Waals surface area contributed by atoms with E-state index in [1.165, 1.54) is 0 Å². The van der Waals surface area contributed by atoms with Crippen molar-refractivity contribution in [2.24, 2.45) is 0 Å². The molecule has 3 N–H and O–H groups in total. The van der Waals surface area contributed by atoms with Crippen LogP contribution in [-0.2, 0) is 13.0 Å². The van der Waals surface area contributed by atoms with Crippen LogP contribution >= 0.6 is 15.9 Å². The van der Waals surface area contributed by atoms with Gasteiger partial charge in [-0.2, -0.15) is 0 Å². The van der Waals surface area contributed by atoms with Gasteiger partial charge in [-0.25, -0.2) is 15.0 Å². The van der Waals surface area contributed by atoms with Crippen LogP contribution < -0.4 is 10.6 Å². The molecule has 2 heterocycles. The summed E-state index contributed by atoms with van der Waals surface area (Å²) in [5, 5.41) is 6.06. The first-order chi connectivity index (χ1) is 10.7. The van der Waals surface area contributed by atoms with Gasteiger partial charge < -0.3 is 15.6 Å². The lowest BCUT2D eigenvalue weighted by Gasteiger charge is -2.08. The normalized spacial score (nSPS) is 10.6. The summed E-state index contributed by atoms with van der Waals surface area (Å²) < 4.78 is 0.589. The van der Waals surface area contributed by atoms with Crippen molar-refractivity contribution in [3.63, 3.8) is 0 Å². The van der Waals surface area contributed by atoms with E-state index in [2.05, 4.69) is 53.4 Å². The number of aromatic amines is 1. The third-order valence-electron chi connectivity index (χ3n) is 2.95. The van der Waals surface area contributed by atoms with Crippen LogP contribution in [0.3, 0.4) is 0 Å². The Morgan fingerprint density at radius 2 is 2.23 bits per heavy atom. The van der Waals surface area contributed by atoms with Gasteiger partial charge in [0.15, 0.2) is 0 Å². The lowest BCUT2D eigenvalue weighted by molar-refractivity contribution is 0.0947. The summed E-state index contributed by atoms with van der Waals surface area (Å²) in [5.41, 5.74) is 1.33. The summed E-state index contributed by atoms with van der Waals surface area (Å²) in [7, 11) is 0. The van der Waals surface area contributed by atoms with E-state index in [1.807, 2.05) is 0 Å². The molecule has 0 bridgehead atoms. The molecule has 22 heavy (non-hydrogen) atoms. The van der Waals surface area contributed by atoms with Crippen molar-refractivity contribution >= 4 is 21.8 Å². The number of carbonyl (C=O) groups is 1. The predicted molar refractivity (Wildman–Crippen MR) is 86.4 cm³/mol. The zero-order valence-corrected chi connectivity index (χ0v) is 14.0. The molecule has 0 spiro atoms. The van der Waals surface area contributed by atoms with Crippen LogP contribution in [0.5, 0.6) is 0 Å². The van der Waals surface area contributed by atoms with Crippen LogP contribution in [0.4, 0.5) is 0 Å². The number of H-pyrrole nitrogens is 1. The van der Waals surface area contributed by atoms with Crippen LogP contribution in [0.25, 0.3) is 0 Å². The van der Waals surface area contributed by atoms with Crippen molar-refractivity contribution in [2.45, 2.75) is 26.3 Å². The highest BCUT2D eigenvalue weighted by atomic mass is 79.9. The molecular formula is C14H19BrN6O. The number of nitrogens with one attached hydrogen (secondary N) is 3. The molecule has 0 unspecified atom stereocenters. The number of hydrogen-bond donors (Lipinski definition) is 3. The van der Waals surface area contributed by atoms with Crippen molar-refractivity contribution in [2.75, 3.05) is 13.1 Å². The molecular weight excluding hydrogens is 348 g/mol. The Labute approximate surface area is 137 Å². The molecule has 2 aromatic rings.